The fraction of sp³-hybridized carbons (Fsp3) is 0.471. The normalized spacial score (nSPS) is 11.1. The summed E-state index contributed by atoms with van der Waals surface area (Å²) in [5, 5.41) is 7.19. The summed E-state index contributed by atoms with van der Waals surface area (Å²) in [6, 6.07) is 7.73. The van der Waals surface area contributed by atoms with E-state index in [0.29, 0.717) is 22.8 Å². The van der Waals surface area contributed by atoms with Gasteiger partial charge in [0.05, 0.1) is 0 Å². The second kappa shape index (κ2) is 8.11. The van der Waals surface area contributed by atoms with E-state index in [-0.39, 0.29) is 6.04 Å². The maximum atomic E-state index is 5.92. The van der Waals surface area contributed by atoms with Gasteiger partial charge in [0.1, 0.15) is 5.82 Å². The Bertz CT molecular complexity index is 623. The van der Waals surface area contributed by atoms with Gasteiger partial charge in [-0.25, -0.2) is 0 Å². The standard InChI is InChI=1S/C17H24ClN5/c1-5-12(6-2)15-21-16(19-11(3)4)23-17(22-15)20-14-9-7-13(18)8-10-14/h7-12H,5-6H2,1-4H3,(H2,19,20,21,22,23). The second-order valence-electron chi connectivity index (χ2n) is 5.79. The van der Waals surface area contributed by atoms with E-state index in [1.807, 2.05) is 24.3 Å². The number of aromatic nitrogens is 3. The van der Waals surface area contributed by atoms with Crippen LogP contribution >= 0.6 is 11.6 Å². The van der Waals surface area contributed by atoms with E-state index in [4.69, 9.17) is 11.6 Å². The quantitative estimate of drug-likeness (QED) is 0.747. The van der Waals surface area contributed by atoms with Crippen molar-refractivity contribution in [3.05, 3.63) is 35.1 Å². The molecule has 0 aliphatic carbocycles. The molecule has 2 N–H and O–H groups in total. The minimum absolute atomic E-state index is 0.260. The predicted octanol–water partition coefficient (Wildman–Crippen LogP) is 4.99. The highest BCUT2D eigenvalue weighted by Gasteiger charge is 2.15. The van der Waals surface area contributed by atoms with Gasteiger partial charge < -0.3 is 10.6 Å². The van der Waals surface area contributed by atoms with E-state index in [0.717, 1.165) is 24.4 Å². The highest BCUT2D eigenvalue weighted by Crippen LogP contribution is 2.23. The Hall–Kier alpha value is -1.88. The summed E-state index contributed by atoms with van der Waals surface area (Å²) >= 11 is 5.92. The third-order valence-corrected chi connectivity index (χ3v) is 3.77. The zero-order valence-corrected chi connectivity index (χ0v) is 14.9. The number of hydrogen-bond acceptors (Lipinski definition) is 5. The molecule has 0 atom stereocenters. The molecule has 0 aliphatic rings. The van der Waals surface area contributed by atoms with Gasteiger partial charge in [-0.3, -0.25) is 0 Å². The molecular weight excluding hydrogens is 310 g/mol. The highest BCUT2D eigenvalue weighted by atomic mass is 35.5. The van der Waals surface area contributed by atoms with E-state index < -0.39 is 0 Å². The summed E-state index contributed by atoms with van der Waals surface area (Å²) in [7, 11) is 0. The molecule has 1 heterocycles. The first kappa shape index (κ1) is 17.5. The minimum Gasteiger partial charge on any atom is -0.352 e. The molecule has 0 bridgehead atoms. The van der Waals surface area contributed by atoms with Gasteiger partial charge in [0.25, 0.3) is 0 Å². The molecule has 6 heteroatoms. The largest absolute Gasteiger partial charge is 0.352 e. The summed E-state index contributed by atoms with van der Waals surface area (Å²) in [5.41, 5.74) is 0.895. The van der Waals surface area contributed by atoms with Crippen LogP contribution in [-0.2, 0) is 0 Å². The lowest BCUT2D eigenvalue weighted by Crippen LogP contribution is -2.16. The molecule has 23 heavy (non-hydrogen) atoms. The van der Waals surface area contributed by atoms with Crippen LogP contribution in [0.4, 0.5) is 17.6 Å². The van der Waals surface area contributed by atoms with Crippen LogP contribution in [0.1, 0.15) is 52.3 Å². The third-order valence-electron chi connectivity index (χ3n) is 3.52. The van der Waals surface area contributed by atoms with Crippen molar-refractivity contribution in [1.29, 1.82) is 0 Å². The first-order valence-electron chi connectivity index (χ1n) is 8.06. The third kappa shape index (κ3) is 5.06. The summed E-state index contributed by atoms with van der Waals surface area (Å²) in [6.07, 6.45) is 2.00. The maximum absolute atomic E-state index is 5.92. The lowest BCUT2D eigenvalue weighted by atomic mass is 10.0. The number of nitrogens with zero attached hydrogens (tertiary/aromatic N) is 3. The van der Waals surface area contributed by atoms with Gasteiger partial charge in [0.15, 0.2) is 0 Å². The van der Waals surface area contributed by atoms with Crippen LogP contribution in [0.15, 0.2) is 24.3 Å². The molecule has 0 spiro atoms. The van der Waals surface area contributed by atoms with Gasteiger partial charge in [-0.1, -0.05) is 25.4 Å². The fourth-order valence-corrected chi connectivity index (χ4v) is 2.40. The summed E-state index contributed by atoms with van der Waals surface area (Å²) in [4.78, 5) is 13.6. The number of anilines is 3. The van der Waals surface area contributed by atoms with Crippen molar-refractivity contribution in [2.24, 2.45) is 0 Å². The predicted molar refractivity (Wildman–Crippen MR) is 96.6 cm³/mol. The fourth-order valence-electron chi connectivity index (χ4n) is 2.27. The van der Waals surface area contributed by atoms with Crippen molar-refractivity contribution in [3.8, 4) is 0 Å². The maximum Gasteiger partial charge on any atom is 0.232 e. The molecule has 0 radical (unpaired) electrons. The Labute approximate surface area is 142 Å². The van der Waals surface area contributed by atoms with Crippen LogP contribution in [0.25, 0.3) is 0 Å². The number of hydrogen-bond donors (Lipinski definition) is 2. The summed E-state index contributed by atoms with van der Waals surface area (Å²) in [6.45, 7) is 8.43. The van der Waals surface area contributed by atoms with Crippen LogP contribution in [0.2, 0.25) is 5.02 Å². The number of nitrogens with one attached hydrogen (secondary N) is 2. The molecule has 0 unspecified atom stereocenters. The van der Waals surface area contributed by atoms with Crippen LogP contribution < -0.4 is 10.6 Å². The molecule has 1 aromatic heterocycles. The minimum atomic E-state index is 0.260. The van der Waals surface area contributed by atoms with E-state index in [1.165, 1.54) is 0 Å². The monoisotopic (exact) mass is 333 g/mol. The number of halogens is 1. The Balaban J connectivity index is 2.32. The summed E-state index contributed by atoms with van der Waals surface area (Å²) in [5.74, 6) is 2.31. The van der Waals surface area contributed by atoms with E-state index in [9.17, 15) is 0 Å². The second-order valence-corrected chi connectivity index (χ2v) is 6.22. The van der Waals surface area contributed by atoms with Crippen molar-refractivity contribution in [2.75, 3.05) is 10.6 Å². The SMILES string of the molecule is CCC(CC)c1nc(Nc2ccc(Cl)cc2)nc(NC(C)C)n1. The van der Waals surface area contributed by atoms with Gasteiger partial charge in [-0.05, 0) is 51.0 Å². The Morgan fingerprint density at radius 3 is 2.13 bits per heavy atom. The molecule has 0 fully saturated rings. The van der Waals surface area contributed by atoms with Crippen molar-refractivity contribution < 1.29 is 0 Å². The summed E-state index contributed by atoms with van der Waals surface area (Å²) < 4.78 is 0. The molecule has 0 aliphatic heterocycles. The van der Waals surface area contributed by atoms with E-state index >= 15 is 0 Å². The molecule has 124 valence electrons. The highest BCUT2D eigenvalue weighted by molar-refractivity contribution is 6.30. The molecular formula is C17H24ClN5. The number of benzene rings is 1. The van der Waals surface area contributed by atoms with Crippen LogP contribution in [0.5, 0.6) is 0 Å². The first-order chi connectivity index (χ1) is 11.0. The Morgan fingerprint density at radius 1 is 0.957 bits per heavy atom. The van der Waals surface area contributed by atoms with Gasteiger partial charge >= 0.3 is 0 Å². The van der Waals surface area contributed by atoms with E-state index in [2.05, 4.69) is 53.3 Å². The van der Waals surface area contributed by atoms with Crippen molar-refractivity contribution in [2.45, 2.75) is 52.5 Å². The molecule has 5 nitrogen and oxygen atoms in total. The molecule has 2 aromatic rings. The number of rotatable bonds is 7. The molecule has 0 saturated heterocycles. The average molecular weight is 334 g/mol. The van der Waals surface area contributed by atoms with Crippen molar-refractivity contribution >= 4 is 29.2 Å². The Kier molecular flexibility index (Phi) is 6.16. The van der Waals surface area contributed by atoms with Gasteiger partial charge in [0, 0.05) is 22.7 Å². The smallest absolute Gasteiger partial charge is 0.232 e. The average Bonchev–Trinajstić information content (AvgIpc) is 2.50. The van der Waals surface area contributed by atoms with Gasteiger partial charge in [0.2, 0.25) is 11.9 Å². The van der Waals surface area contributed by atoms with Crippen molar-refractivity contribution in [1.82, 2.24) is 15.0 Å². The van der Waals surface area contributed by atoms with Crippen LogP contribution in [0.3, 0.4) is 0 Å². The molecule has 0 amide bonds. The lowest BCUT2D eigenvalue weighted by Gasteiger charge is -2.15. The van der Waals surface area contributed by atoms with Gasteiger partial charge in [-0.2, -0.15) is 15.0 Å². The van der Waals surface area contributed by atoms with Crippen LogP contribution in [0, 0.1) is 0 Å². The molecule has 2 rings (SSSR count). The van der Waals surface area contributed by atoms with Crippen LogP contribution in [-0.4, -0.2) is 21.0 Å². The van der Waals surface area contributed by atoms with E-state index in [1.54, 1.807) is 0 Å². The Morgan fingerprint density at radius 2 is 1.57 bits per heavy atom. The lowest BCUT2D eigenvalue weighted by molar-refractivity contribution is 0.599. The topological polar surface area (TPSA) is 62.7 Å². The zero-order chi connectivity index (χ0) is 16.8. The molecule has 1 aromatic carbocycles. The zero-order valence-electron chi connectivity index (χ0n) is 14.1. The molecule has 0 saturated carbocycles. The van der Waals surface area contributed by atoms with Crippen molar-refractivity contribution in [3.63, 3.8) is 0 Å². The van der Waals surface area contributed by atoms with Gasteiger partial charge in [-0.15, -0.1) is 0 Å². The first-order valence-corrected chi connectivity index (χ1v) is 8.44.